The summed E-state index contributed by atoms with van der Waals surface area (Å²) in [6, 6.07) is 12.0. The van der Waals surface area contributed by atoms with Gasteiger partial charge in [0.25, 0.3) is 0 Å². The maximum absolute atomic E-state index is 5.69. The van der Waals surface area contributed by atoms with Gasteiger partial charge in [-0.05, 0) is 29.8 Å². The summed E-state index contributed by atoms with van der Waals surface area (Å²) >= 11 is 0. The Hall–Kier alpha value is -2.07. The highest BCUT2D eigenvalue weighted by Gasteiger charge is 2.10. The highest BCUT2D eigenvalue weighted by Crippen LogP contribution is 2.30. The van der Waals surface area contributed by atoms with Crippen molar-refractivity contribution in [3.8, 4) is 11.5 Å². The van der Waals surface area contributed by atoms with Crippen molar-refractivity contribution in [2.45, 2.75) is 19.5 Å². The van der Waals surface area contributed by atoms with Crippen molar-refractivity contribution in [1.29, 1.82) is 0 Å². The molecule has 1 aromatic heterocycles. The molecule has 20 heavy (non-hydrogen) atoms. The van der Waals surface area contributed by atoms with E-state index in [-0.39, 0.29) is 0 Å². The van der Waals surface area contributed by atoms with Gasteiger partial charge >= 0.3 is 0 Å². The second-order valence-corrected chi connectivity index (χ2v) is 4.76. The molecule has 3 rings (SSSR count). The quantitative estimate of drug-likeness (QED) is 0.927. The van der Waals surface area contributed by atoms with Crippen LogP contribution in [0.2, 0.25) is 0 Å². The number of pyridine rings is 1. The summed E-state index contributed by atoms with van der Waals surface area (Å²) in [5, 5.41) is 3.38. The number of nitrogens with one attached hydrogen (secondary N) is 1. The Morgan fingerprint density at radius 2 is 1.90 bits per heavy atom. The van der Waals surface area contributed by atoms with Crippen molar-refractivity contribution in [3.63, 3.8) is 0 Å². The molecule has 0 saturated heterocycles. The number of rotatable bonds is 4. The van der Waals surface area contributed by atoms with E-state index in [4.69, 9.17) is 9.47 Å². The number of nitrogens with zero attached hydrogens (tertiary/aromatic N) is 1. The molecule has 2 heterocycles. The molecule has 0 atom stereocenters. The SMILES string of the molecule is c1ccc(CNCc2ccc3c(c2)OCCCO3)nc1. The topological polar surface area (TPSA) is 43.4 Å². The smallest absolute Gasteiger partial charge is 0.161 e. The second-order valence-electron chi connectivity index (χ2n) is 4.76. The van der Waals surface area contributed by atoms with E-state index in [9.17, 15) is 0 Å². The molecule has 0 radical (unpaired) electrons. The fourth-order valence-corrected chi connectivity index (χ4v) is 2.16. The molecule has 0 spiro atoms. The maximum atomic E-state index is 5.69. The van der Waals surface area contributed by atoms with Crippen LogP contribution in [0.1, 0.15) is 17.7 Å². The molecule has 0 unspecified atom stereocenters. The van der Waals surface area contributed by atoms with Gasteiger partial charge in [-0.15, -0.1) is 0 Å². The third-order valence-electron chi connectivity index (χ3n) is 3.17. The summed E-state index contributed by atoms with van der Waals surface area (Å²) < 4.78 is 11.3. The molecule has 1 aromatic carbocycles. The minimum absolute atomic E-state index is 0.720. The predicted octanol–water partition coefficient (Wildman–Crippen LogP) is 2.53. The zero-order chi connectivity index (χ0) is 13.6. The minimum atomic E-state index is 0.720. The van der Waals surface area contributed by atoms with Crippen LogP contribution in [0.5, 0.6) is 11.5 Å². The van der Waals surface area contributed by atoms with E-state index in [0.717, 1.165) is 49.9 Å². The Bertz CT molecular complexity index is 558. The number of hydrogen-bond acceptors (Lipinski definition) is 4. The Morgan fingerprint density at radius 1 is 1.00 bits per heavy atom. The molecule has 1 aliphatic heterocycles. The first-order valence-corrected chi connectivity index (χ1v) is 6.91. The van der Waals surface area contributed by atoms with Crippen molar-refractivity contribution >= 4 is 0 Å². The van der Waals surface area contributed by atoms with Crippen LogP contribution in [0.25, 0.3) is 0 Å². The number of aromatic nitrogens is 1. The van der Waals surface area contributed by atoms with E-state index in [1.807, 2.05) is 36.5 Å². The average Bonchev–Trinajstić information content (AvgIpc) is 2.73. The lowest BCUT2D eigenvalue weighted by Gasteiger charge is -2.10. The van der Waals surface area contributed by atoms with Gasteiger partial charge in [0.1, 0.15) is 0 Å². The lowest BCUT2D eigenvalue weighted by Crippen LogP contribution is -2.13. The van der Waals surface area contributed by atoms with E-state index >= 15 is 0 Å². The van der Waals surface area contributed by atoms with Crippen LogP contribution in [-0.2, 0) is 13.1 Å². The summed E-state index contributed by atoms with van der Waals surface area (Å²) in [5.41, 5.74) is 2.23. The third-order valence-corrected chi connectivity index (χ3v) is 3.17. The van der Waals surface area contributed by atoms with Crippen LogP contribution in [0.15, 0.2) is 42.6 Å². The van der Waals surface area contributed by atoms with Crippen molar-refractivity contribution in [2.24, 2.45) is 0 Å². The monoisotopic (exact) mass is 270 g/mol. The largest absolute Gasteiger partial charge is 0.490 e. The standard InChI is InChI=1S/C16H18N2O2/c1-2-7-18-14(4-1)12-17-11-13-5-6-15-16(10-13)20-9-3-8-19-15/h1-2,4-7,10,17H,3,8-9,11-12H2. The van der Waals surface area contributed by atoms with Crippen molar-refractivity contribution in [2.75, 3.05) is 13.2 Å². The van der Waals surface area contributed by atoms with Gasteiger partial charge in [0.05, 0.1) is 18.9 Å². The van der Waals surface area contributed by atoms with Gasteiger partial charge in [-0.1, -0.05) is 12.1 Å². The number of benzene rings is 1. The molecule has 104 valence electrons. The third kappa shape index (κ3) is 3.27. The van der Waals surface area contributed by atoms with E-state index in [2.05, 4.69) is 16.4 Å². The Labute approximate surface area is 118 Å². The van der Waals surface area contributed by atoms with Gasteiger partial charge in [-0.3, -0.25) is 4.98 Å². The fraction of sp³-hybridized carbons (Fsp3) is 0.312. The molecule has 4 heteroatoms. The molecule has 0 fully saturated rings. The van der Waals surface area contributed by atoms with Crippen LogP contribution in [0.4, 0.5) is 0 Å². The summed E-state index contributed by atoms with van der Waals surface area (Å²) in [4.78, 5) is 4.29. The number of hydrogen-bond donors (Lipinski definition) is 1. The molecule has 4 nitrogen and oxygen atoms in total. The second kappa shape index (κ2) is 6.39. The lowest BCUT2D eigenvalue weighted by molar-refractivity contribution is 0.297. The van der Waals surface area contributed by atoms with Crippen LogP contribution >= 0.6 is 0 Å². The van der Waals surface area contributed by atoms with Crippen LogP contribution < -0.4 is 14.8 Å². The molecule has 0 bridgehead atoms. The summed E-state index contributed by atoms with van der Waals surface area (Å²) in [6.45, 7) is 2.99. The fourth-order valence-electron chi connectivity index (χ4n) is 2.16. The zero-order valence-electron chi connectivity index (χ0n) is 11.3. The zero-order valence-corrected chi connectivity index (χ0v) is 11.3. The number of ether oxygens (including phenoxy) is 2. The Kier molecular flexibility index (Phi) is 4.13. The summed E-state index contributed by atoms with van der Waals surface area (Å²) in [5.74, 6) is 1.69. The van der Waals surface area contributed by atoms with Crippen molar-refractivity contribution in [1.82, 2.24) is 10.3 Å². The van der Waals surface area contributed by atoms with Gasteiger partial charge < -0.3 is 14.8 Å². The summed E-state index contributed by atoms with van der Waals surface area (Å²) in [7, 11) is 0. The molecule has 0 saturated carbocycles. The van der Waals surface area contributed by atoms with Gasteiger partial charge in [0, 0.05) is 25.7 Å². The number of fused-ring (bicyclic) bond motifs is 1. The molecule has 1 N–H and O–H groups in total. The minimum Gasteiger partial charge on any atom is -0.490 e. The predicted molar refractivity (Wildman–Crippen MR) is 76.8 cm³/mol. The molecule has 0 aliphatic carbocycles. The van der Waals surface area contributed by atoms with Crippen molar-refractivity contribution < 1.29 is 9.47 Å². The average molecular weight is 270 g/mol. The Balaban J connectivity index is 1.59. The van der Waals surface area contributed by atoms with Crippen LogP contribution in [-0.4, -0.2) is 18.2 Å². The first-order valence-electron chi connectivity index (χ1n) is 6.91. The Morgan fingerprint density at radius 3 is 2.75 bits per heavy atom. The van der Waals surface area contributed by atoms with Gasteiger partial charge in [-0.25, -0.2) is 0 Å². The molecule has 2 aromatic rings. The molecule has 0 amide bonds. The van der Waals surface area contributed by atoms with Crippen LogP contribution in [0.3, 0.4) is 0 Å². The van der Waals surface area contributed by atoms with E-state index in [1.165, 1.54) is 5.56 Å². The first-order chi connectivity index (χ1) is 9.92. The lowest BCUT2D eigenvalue weighted by atomic mass is 10.2. The summed E-state index contributed by atoms with van der Waals surface area (Å²) in [6.07, 6.45) is 2.74. The molecule has 1 aliphatic rings. The first kappa shape index (κ1) is 12.9. The van der Waals surface area contributed by atoms with Crippen molar-refractivity contribution in [3.05, 3.63) is 53.9 Å². The van der Waals surface area contributed by atoms with Gasteiger partial charge in [-0.2, -0.15) is 0 Å². The normalized spacial score (nSPS) is 13.8. The van der Waals surface area contributed by atoms with Gasteiger partial charge in [0.2, 0.25) is 0 Å². The van der Waals surface area contributed by atoms with Gasteiger partial charge in [0.15, 0.2) is 11.5 Å². The highest BCUT2D eigenvalue weighted by atomic mass is 16.5. The van der Waals surface area contributed by atoms with E-state index in [0.29, 0.717) is 0 Å². The van der Waals surface area contributed by atoms with E-state index < -0.39 is 0 Å². The highest BCUT2D eigenvalue weighted by molar-refractivity contribution is 5.43. The molecular weight excluding hydrogens is 252 g/mol. The van der Waals surface area contributed by atoms with E-state index in [1.54, 1.807) is 0 Å². The van der Waals surface area contributed by atoms with Crippen LogP contribution in [0, 0.1) is 0 Å². The molecular formula is C16H18N2O2. The maximum Gasteiger partial charge on any atom is 0.161 e.